The largest absolute Gasteiger partial charge is 0.392 e. The van der Waals surface area contributed by atoms with Crippen LogP contribution in [0.2, 0.25) is 0 Å². The smallest absolute Gasteiger partial charge is 0.245 e. The van der Waals surface area contributed by atoms with Gasteiger partial charge < -0.3 is 10.0 Å². The molecule has 0 unspecified atom stereocenters. The zero-order valence-corrected chi connectivity index (χ0v) is 13.1. The number of likely N-dealkylation sites (tertiary alicyclic amines) is 1. The Hall–Kier alpha value is -1.02. The Morgan fingerprint density at radius 3 is 2.57 bits per heavy atom. The maximum atomic E-state index is 13.9. The molecule has 21 heavy (non-hydrogen) atoms. The molecule has 1 saturated heterocycles. The molecular weight excluding hydrogens is 295 g/mol. The number of hydrogen-bond acceptors (Lipinski definition) is 4. The van der Waals surface area contributed by atoms with Crippen LogP contribution in [0.4, 0.5) is 4.39 Å². The molecule has 1 fully saturated rings. The first-order chi connectivity index (χ1) is 9.86. The molecule has 0 aliphatic carbocycles. The van der Waals surface area contributed by atoms with Crippen molar-refractivity contribution in [2.45, 2.75) is 30.4 Å². The molecule has 1 aliphatic rings. The van der Waals surface area contributed by atoms with Gasteiger partial charge >= 0.3 is 0 Å². The molecule has 1 aliphatic heterocycles. The van der Waals surface area contributed by atoms with E-state index in [2.05, 4.69) is 4.90 Å². The van der Waals surface area contributed by atoms with E-state index < -0.39 is 15.8 Å². The van der Waals surface area contributed by atoms with Crippen molar-refractivity contribution in [1.29, 1.82) is 0 Å². The SMILES string of the molecule is CN1CCC(N(C)S(=O)(=O)c2cc(CO)ccc2F)CC1. The van der Waals surface area contributed by atoms with Gasteiger partial charge in [0.25, 0.3) is 0 Å². The van der Waals surface area contributed by atoms with Crippen molar-refractivity contribution in [2.24, 2.45) is 0 Å². The number of nitrogens with zero attached hydrogens (tertiary/aromatic N) is 2. The molecule has 7 heteroatoms. The van der Waals surface area contributed by atoms with Gasteiger partial charge in [-0.2, -0.15) is 4.31 Å². The Bertz CT molecular complexity index is 598. The van der Waals surface area contributed by atoms with Gasteiger partial charge in [-0.3, -0.25) is 0 Å². The van der Waals surface area contributed by atoms with E-state index in [9.17, 15) is 12.8 Å². The predicted molar refractivity (Wildman–Crippen MR) is 77.8 cm³/mol. The van der Waals surface area contributed by atoms with Crippen LogP contribution in [-0.2, 0) is 16.6 Å². The molecule has 1 N–H and O–H groups in total. The molecule has 1 aromatic carbocycles. The molecule has 0 radical (unpaired) electrons. The highest BCUT2D eigenvalue weighted by atomic mass is 32.2. The highest BCUT2D eigenvalue weighted by Gasteiger charge is 2.32. The fourth-order valence-electron chi connectivity index (χ4n) is 2.55. The van der Waals surface area contributed by atoms with Gasteiger partial charge in [0.05, 0.1) is 6.61 Å². The molecule has 0 bridgehead atoms. The minimum Gasteiger partial charge on any atom is -0.392 e. The van der Waals surface area contributed by atoms with Crippen LogP contribution in [-0.4, -0.2) is 56.0 Å². The second kappa shape index (κ2) is 6.39. The van der Waals surface area contributed by atoms with Gasteiger partial charge in [-0.15, -0.1) is 0 Å². The Labute approximate surface area is 125 Å². The van der Waals surface area contributed by atoms with Crippen molar-refractivity contribution in [3.05, 3.63) is 29.6 Å². The first kappa shape index (κ1) is 16.4. The van der Waals surface area contributed by atoms with Crippen LogP contribution in [0.5, 0.6) is 0 Å². The van der Waals surface area contributed by atoms with Gasteiger partial charge in [0.15, 0.2) is 0 Å². The Morgan fingerprint density at radius 1 is 1.38 bits per heavy atom. The Balaban J connectivity index is 2.29. The number of benzene rings is 1. The van der Waals surface area contributed by atoms with Crippen LogP contribution in [0, 0.1) is 5.82 Å². The third kappa shape index (κ3) is 3.42. The molecule has 2 rings (SSSR count). The second-order valence-corrected chi connectivity index (χ2v) is 7.44. The average molecular weight is 316 g/mol. The van der Waals surface area contributed by atoms with Crippen LogP contribution >= 0.6 is 0 Å². The van der Waals surface area contributed by atoms with E-state index >= 15 is 0 Å². The van der Waals surface area contributed by atoms with Gasteiger partial charge in [-0.05, 0) is 50.7 Å². The first-order valence-electron chi connectivity index (χ1n) is 6.92. The summed E-state index contributed by atoms with van der Waals surface area (Å²) < 4.78 is 40.3. The monoisotopic (exact) mass is 316 g/mol. The first-order valence-corrected chi connectivity index (χ1v) is 8.36. The van der Waals surface area contributed by atoms with Crippen molar-refractivity contribution in [2.75, 3.05) is 27.2 Å². The Kier molecular flexibility index (Phi) is 4.98. The van der Waals surface area contributed by atoms with Crippen LogP contribution in [0.25, 0.3) is 0 Å². The quantitative estimate of drug-likeness (QED) is 0.901. The molecule has 0 atom stereocenters. The summed E-state index contributed by atoms with van der Waals surface area (Å²) in [7, 11) is -0.399. The van der Waals surface area contributed by atoms with E-state index in [1.165, 1.54) is 23.5 Å². The van der Waals surface area contributed by atoms with Crippen molar-refractivity contribution < 1.29 is 17.9 Å². The van der Waals surface area contributed by atoms with Crippen molar-refractivity contribution in [1.82, 2.24) is 9.21 Å². The summed E-state index contributed by atoms with van der Waals surface area (Å²) in [6.07, 6.45) is 1.46. The molecule has 1 aromatic rings. The molecule has 0 amide bonds. The van der Waals surface area contributed by atoms with Crippen LogP contribution < -0.4 is 0 Å². The summed E-state index contributed by atoms with van der Waals surface area (Å²) in [5.41, 5.74) is 0.381. The third-order valence-corrected chi connectivity index (χ3v) is 5.96. The molecule has 118 valence electrons. The lowest BCUT2D eigenvalue weighted by Gasteiger charge is -2.34. The van der Waals surface area contributed by atoms with Gasteiger partial charge in [-0.25, -0.2) is 12.8 Å². The topological polar surface area (TPSA) is 60.9 Å². The highest BCUT2D eigenvalue weighted by Crippen LogP contribution is 2.25. The zero-order valence-electron chi connectivity index (χ0n) is 12.3. The van der Waals surface area contributed by atoms with Crippen molar-refractivity contribution >= 4 is 10.0 Å². The van der Waals surface area contributed by atoms with E-state index in [4.69, 9.17) is 5.11 Å². The lowest BCUT2D eigenvalue weighted by atomic mass is 10.1. The summed E-state index contributed by atoms with van der Waals surface area (Å²) in [6.45, 7) is 1.33. The predicted octanol–water partition coefficient (Wildman–Crippen LogP) is 1.03. The molecule has 0 spiro atoms. The fraction of sp³-hybridized carbons (Fsp3) is 0.571. The number of aliphatic hydroxyl groups is 1. The summed E-state index contributed by atoms with van der Waals surface area (Å²) in [5.74, 6) is -0.785. The van der Waals surface area contributed by atoms with Gasteiger partial charge in [0.1, 0.15) is 10.7 Å². The minimum absolute atomic E-state index is 0.122. The average Bonchev–Trinajstić information content (AvgIpc) is 2.47. The van der Waals surface area contributed by atoms with E-state index in [-0.39, 0.29) is 17.5 Å². The van der Waals surface area contributed by atoms with Crippen LogP contribution in [0.1, 0.15) is 18.4 Å². The summed E-state index contributed by atoms with van der Waals surface area (Å²) in [6, 6.07) is 3.55. The van der Waals surface area contributed by atoms with Gasteiger partial charge in [0, 0.05) is 13.1 Å². The molecule has 0 saturated carbocycles. The van der Waals surface area contributed by atoms with E-state index in [0.717, 1.165) is 32.0 Å². The van der Waals surface area contributed by atoms with Gasteiger partial charge in [-0.1, -0.05) is 6.07 Å². The van der Waals surface area contributed by atoms with Crippen molar-refractivity contribution in [3.63, 3.8) is 0 Å². The normalized spacial score (nSPS) is 18.3. The summed E-state index contributed by atoms with van der Waals surface area (Å²) in [4.78, 5) is 1.78. The number of halogens is 1. The van der Waals surface area contributed by atoms with Gasteiger partial charge in [0.2, 0.25) is 10.0 Å². The van der Waals surface area contributed by atoms with E-state index in [1.54, 1.807) is 0 Å². The standard InChI is InChI=1S/C14H21FN2O3S/c1-16-7-5-12(6-8-16)17(2)21(19,20)14-9-11(10-18)3-4-13(14)15/h3-4,9,12,18H,5-8,10H2,1-2H3. The van der Waals surface area contributed by atoms with E-state index in [0.29, 0.717) is 5.56 Å². The zero-order chi connectivity index (χ0) is 15.6. The number of piperidine rings is 1. The molecule has 5 nitrogen and oxygen atoms in total. The number of sulfonamides is 1. The number of aliphatic hydroxyl groups excluding tert-OH is 1. The molecule has 0 aromatic heterocycles. The third-order valence-electron chi connectivity index (χ3n) is 4.04. The van der Waals surface area contributed by atoms with Crippen LogP contribution in [0.15, 0.2) is 23.1 Å². The Morgan fingerprint density at radius 2 is 2.00 bits per heavy atom. The maximum Gasteiger partial charge on any atom is 0.245 e. The minimum atomic E-state index is -3.89. The molecule has 1 heterocycles. The lowest BCUT2D eigenvalue weighted by Crippen LogP contribution is -2.44. The molecular formula is C14H21FN2O3S. The fourth-order valence-corrected chi connectivity index (χ4v) is 4.08. The maximum absolute atomic E-state index is 13.9. The summed E-state index contributed by atoms with van der Waals surface area (Å²) >= 11 is 0. The lowest BCUT2D eigenvalue weighted by molar-refractivity contribution is 0.197. The van der Waals surface area contributed by atoms with E-state index in [1.807, 2.05) is 7.05 Å². The second-order valence-electron chi connectivity index (χ2n) is 5.48. The van der Waals surface area contributed by atoms with Crippen molar-refractivity contribution in [3.8, 4) is 0 Å². The highest BCUT2D eigenvalue weighted by molar-refractivity contribution is 7.89. The summed E-state index contributed by atoms with van der Waals surface area (Å²) in [5, 5.41) is 9.10. The number of rotatable bonds is 4. The van der Waals surface area contributed by atoms with Crippen LogP contribution in [0.3, 0.4) is 0 Å². The number of hydrogen-bond donors (Lipinski definition) is 1.